The molecule has 0 radical (unpaired) electrons. The molecule has 6 nitrogen and oxygen atoms in total. The highest BCUT2D eigenvalue weighted by Crippen LogP contribution is 2.15. The largest absolute Gasteiger partial charge is 0.464 e. The Morgan fingerprint density at radius 2 is 1.43 bits per heavy atom. The van der Waals surface area contributed by atoms with Crippen molar-refractivity contribution >= 4 is 23.9 Å². The van der Waals surface area contributed by atoms with Gasteiger partial charge >= 0.3 is 11.9 Å². The highest BCUT2D eigenvalue weighted by atomic mass is 16.5. The van der Waals surface area contributed by atoms with Crippen LogP contribution in [-0.4, -0.2) is 44.5 Å². The van der Waals surface area contributed by atoms with Crippen molar-refractivity contribution in [1.82, 2.24) is 0 Å². The summed E-state index contributed by atoms with van der Waals surface area (Å²) in [5, 5.41) is 0. The molecule has 0 saturated carbocycles. The molecule has 0 aliphatic rings. The molecule has 0 saturated heterocycles. The summed E-state index contributed by atoms with van der Waals surface area (Å²) < 4.78 is 10.1. The normalized spacial score (nSPS) is 10.0. The van der Waals surface area contributed by atoms with Crippen molar-refractivity contribution in [3.63, 3.8) is 0 Å². The number of hydrogen-bond acceptors (Lipinski definition) is 6. The Labute approximate surface area is 136 Å². The third-order valence-electron chi connectivity index (χ3n) is 2.97. The van der Waals surface area contributed by atoms with E-state index in [9.17, 15) is 14.4 Å². The maximum absolute atomic E-state index is 11.8. The molecule has 0 fully saturated rings. The number of aldehydes is 1. The smallest absolute Gasteiger partial charge is 0.325 e. The number of esters is 2. The van der Waals surface area contributed by atoms with Crippen LogP contribution >= 0.6 is 0 Å². The van der Waals surface area contributed by atoms with Gasteiger partial charge in [0.15, 0.2) is 0 Å². The van der Waals surface area contributed by atoms with Crippen LogP contribution < -0.4 is 4.90 Å². The lowest BCUT2D eigenvalue weighted by atomic mass is 10.2. The minimum atomic E-state index is -0.408. The highest BCUT2D eigenvalue weighted by Gasteiger charge is 2.17. The van der Waals surface area contributed by atoms with Crippen molar-refractivity contribution in [2.24, 2.45) is 0 Å². The van der Waals surface area contributed by atoms with Crippen molar-refractivity contribution in [2.75, 3.05) is 31.2 Å². The van der Waals surface area contributed by atoms with E-state index in [1.807, 2.05) is 13.8 Å². The molecule has 1 aromatic carbocycles. The number of carbonyl (C=O) groups excluding carboxylic acids is 3. The van der Waals surface area contributed by atoms with Gasteiger partial charge in [0.25, 0.3) is 0 Å². The SMILES string of the molecule is CCCOC(=O)CN(CC(=O)OCCC)c1ccc(C=O)cc1. The van der Waals surface area contributed by atoms with E-state index in [4.69, 9.17) is 9.47 Å². The predicted octanol–water partition coefficient (Wildman–Crippen LogP) is 2.21. The number of ether oxygens (including phenoxy) is 2. The molecule has 0 bridgehead atoms. The summed E-state index contributed by atoms with van der Waals surface area (Å²) in [4.78, 5) is 36.0. The summed E-state index contributed by atoms with van der Waals surface area (Å²) in [6, 6.07) is 6.63. The molecule has 1 aromatic rings. The number of hydrogen-bond donors (Lipinski definition) is 0. The van der Waals surface area contributed by atoms with Crippen molar-refractivity contribution in [1.29, 1.82) is 0 Å². The first-order chi connectivity index (χ1) is 11.1. The maximum atomic E-state index is 11.8. The Bertz CT molecular complexity index is 490. The van der Waals surface area contributed by atoms with Crippen LogP contribution in [0.1, 0.15) is 37.0 Å². The second-order valence-corrected chi connectivity index (χ2v) is 5.01. The van der Waals surface area contributed by atoms with Gasteiger partial charge in [0.05, 0.1) is 13.2 Å². The van der Waals surface area contributed by atoms with Gasteiger partial charge in [-0.25, -0.2) is 0 Å². The van der Waals surface area contributed by atoms with Crippen molar-refractivity contribution in [3.05, 3.63) is 29.8 Å². The second-order valence-electron chi connectivity index (χ2n) is 5.01. The molecule has 0 atom stereocenters. The van der Waals surface area contributed by atoms with Crippen LogP contribution in [0.4, 0.5) is 5.69 Å². The van der Waals surface area contributed by atoms with Crippen LogP contribution in [0, 0.1) is 0 Å². The highest BCUT2D eigenvalue weighted by molar-refractivity contribution is 5.82. The summed E-state index contributed by atoms with van der Waals surface area (Å²) in [6.07, 6.45) is 2.20. The van der Waals surface area contributed by atoms with Gasteiger partial charge in [-0.2, -0.15) is 0 Å². The average Bonchev–Trinajstić information content (AvgIpc) is 2.57. The van der Waals surface area contributed by atoms with E-state index in [0.717, 1.165) is 19.1 Å². The predicted molar refractivity (Wildman–Crippen MR) is 86.5 cm³/mol. The zero-order chi connectivity index (χ0) is 17.1. The van der Waals surface area contributed by atoms with Crippen molar-refractivity contribution in [3.8, 4) is 0 Å². The maximum Gasteiger partial charge on any atom is 0.325 e. The van der Waals surface area contributed by atoms with Gasteiger partial charge < -0.3 is 14.4 Å². The fraction of sp³-hybridized carbons (Fsp3) is 0.471. The number of carbonyl (C=O) groups is 3. The van der Waals surface area contributed by atoms with E-state index in [2.05, 4.69) is 0 Å². The van der Waals surface area contributed by atoms with E-state index in [0.29, 0.717) is 24.5 Å². The number of anilines is 1. The van der Waals surface area contributed by atoms with Gasteiger partial charge in [-0.15, -0.1) is 0 Å². The standard InChI is InChI=1S/C17H23NO5/c1-3-9-22-16(20)11-18(12-17(21)23-10-4-2)15-7-5-14(13-19)6-8-15/h5-8,13H,3-4,9-12H2,1-2H3. The summed E-state index contributed by atoms with van der Waals surface area (Å²) in [5.74, 6) is -0.816. The molecule has 0 aliphatic carbocycles. The third kappa shape index (κ3) is 6.95. The first-order valence-electron chi connectivity index (χ1n) is 7.72. The molecule has 23 heavy (non-hydrogen) atoms. The minimum Gasteiger partial charge on any atom is -0.464 e. The summed E-state index contributed by atoms with van der Waals surface area (Å²) in [7, 11) is 0. The fourth-order valence-corrected chi connectivity index (χ4v) is 1.84. The summed E-state index contributed by atoms with van der Waals surface area (Å²) in [6.45, 7) is 4.40. The zero-order valence-corrected chi connectivity index (χ0v) is 13.6. The average molecular weight is 321 g/mol. The molecule has 0 unspecified atom stereocenters. The molecule has 6 heteroatoms. The van der Waals surface area contributed by atoms with Gasteiger partial charge in [-0.1, -0.05) is 13.8 Å². The number of nitrogens with zero attached hydrogens (tertiary/aromatic N) is 1. The van der Waals surface area contributed by atoms with Crippen molar-refractivity contribution in [2.45, 2.75) is 26.7 Å². The van der Waals surface area contributed by atoms with Crippen molar-refractivity contribution < 1.29 is 23.9 Å². The fourth-order valence-electron chi connectivity index (χ4n) is 1.84. The summed E-state index contributed by atoms with van der Waals surface area (Å²) >= 11 is 0. The van der Waals surface area contributed by atoms with Crippen LogP contribution in [0.3, 0.4) is 0 Å². The Morgan fingerprint density at radius 3 is 1.83 bits per heavy atom. The lowest BCUT2D eigenvalue weighted by Crippen LogP contribution is -2.36. The van der Waals surface area contributed by atoms with Gasteiger partial charge in [0, 0.05) is 11.3 Å². The molecular weight excluding hydrogens is 298 g/mol. The molecule has 0 aliphatic heterocycles. The molecular formula is C17H23NO5. The lowest BCUT2D eigenvalue weighted by Gasteiger charge is -2.23. The van der Waals surface area contributed by atoms with Gasteiger partial charge in [-0.05, 0) is 37.1 Å². The van der Waals surface area contributed by atoms with Crippen LogP contribution in [0.15, 0.2) is 24.3 Å². The van der Waals surface area contributed by atoms with Gasteiger partial charge in [0.2, 0.25) is 0 Å². The lowest BCUT2D eigenvalue weighted by molar-refractivity contribution is -0.143. The quantitative estimate of drug-likeness (QED) is 0.486. The first kappa shape index (κ1) is 18.7. The Morgan fingerprint density at radius 1 is 0.957 bits per heavy atom. The monoisotopic (exact) mass is 321 g/mol. The molecule has 0 heterocycles. The first-order valence-corrected chi connectivity index (χ1v) is 7.72. The van der Waals surface area contributed by atoms with E-state index in [1.165, 1.54) is 0 Å². The van der Waals surface area contributed by atoms with Crippen LogP contribution in [-0.2, 0) is 19.1 Å². The Balaban J connectivity index is 2.79. The Hall–Kier alpha value is -2.37. The molecule has 126 valence electrons. The van der Waals surface area contributed by atoms with E-state index >= 15 is 0 Å². The van der Waals surface area contributed by atoms with Crippen LogP contribution in [0.2, 0.25) is 0 Å². The number of benzene rings is 1. The summed E-state index contributed by atoms with van der Waals surface area (Å²) in [5.41, 5.74) is 1.17. The molecule has 0 spiro atoms. The van der Waals surface area contributed by atoms with Gasteiger partial charge in [-0.3, -0.25) is 14.4 Å². The Kier molecular flexibility index (Phi) is 8.42. The van der Waals surface area contributed by atoms with E-state index < -0.39 is 11.9 Å². The second kappa shape index (κ2) is 10.4. The molecule has 1 rings (SSSR count). The molecule has 0 N–H and O–H groups in total. The van der Waals surface area contributed by atoms with E-state index in [-0.39, 0.29) is 13.1 Å². The number of rotatable bonds is 10. The van der Waals surface area contributed by atoms with Gasteiger partial charge in [0.1, 0.15) is 19.4 Å². The van der Waals surface area contributed by atoms with Crippen LogP contribution in [0.5, 0.6) is 0 Å². The molecule has 0 amide bonds. The third-order valence-corrected chi connectivity index (χ3v) is 2.97. The molecule has 0 aromatic heterocycles. The van der Waals surface area contributed by atoms with E-state index in [1.54, 1.807) is 29.2 Å². The van der Waals surface area contributed by atoms with Crippen LogP contribution in [0.25, 0.3) is 0 Å². The topological polar surface area (TPSA) is 72.9 Å². The minimum absolute atomic E-state index is 0.0539. The zero-order valence-electron chi connectivity index (χ0n) is 13.6.